The molecule has 0 radical (unpaired) electrons. The summed E-state index contributed by atoms with van der Waals surface area (Å²) >= 11 is 3.24. The summed E-state index contributed by atoms with van der Waals surface area (Å²) in [5.41, 5.74) is 1.70. The number of methoxy groups -OCH3 is 1. The number of nitrogens with one attached hydrogen (secondary N) is 2. The van der Waals surface area contributed by atoms with E-state index in [1.165, 1.54) is 12.3 Å². The summed E-state index contributed by atoms with van der Waals surface area (Å²) in [4.78, 5) is 26.6. The zero-order chi connectivity index (χ0) is 18.0. The number of hydrogen-bond donors (Lipinski definition) is 2. The molecule has 0 unspecified atom stereocenters. The molecular formula is C17H15BrN4O3. The monoisotopic (exact) mass is 402 g/mol. The highest BCUT2D eigenvalue weighted by atomic mass is 79.9. The number of benzene rings is 1. The molecule has 3 rings (SSSR count). The van der Waals surface area contributed by atoms with E-state index in [-0.39, 0.29) is 11.4 Å². The lowest BCUT2D eigenvalue weighted by molar-refractivity contribution is 0.102. The van der Waals surface area contributed by atoms with E-state index >= 15 is 0 Å². The number of rotatable bonds is 4. The molecule has 0 aliphatic heterocycles. The average molecular weight is 403 g/mol. The molecule has 2 N–H and O–H groups in total. The molecule has 2 aromatic heterocycles. The van der Waals surface area contributed by atoms with Crippen molar-refractivity contribution in [3.8, 4) is 11.4 Å². The van der Waals surface area contributed by atoms with Gasteiger partial charge in [0.25, 0.3) is 11.5 Å². The van der Waals surface area contributed by atoms with Crippen molar-refractivity contribution < 1.29 is 9.53 Å². The summed E-state index contributed by atoms with van der Waals surface area (Å²) in [6.45, 7) is 1.96. The van der Waals surface area contributed by atoms with Crippen LogP contribution >= 0.6 is 15.9 Å². The standard InChI is InChI=1S/C17H15BrN4O3/c1-10-3-4-15(25-2)14(7-10)22-6-5-12(21-22)17(24)20-13-8-11(18)9-19-16(13)23/h3-9H,1-2H3,(H,19,23)(H,20,24). The highest BCUT2D eigenvalue weighted by Crippen LogP contribution is 2.23. The van der Waals surface area contributed by atoms with Gasteiger partial charge >= 0.3 is 0 Å². The van der Waals surface area contributed by atoms with Crippen LogP contribution in [0.1, 0.15) is 16.1 Å². The summed E-state index contributed by atoms with van der Waals surface area (Å²) < 4.78 is 7.55. The van der Waals surface area contributed by atoms with Gasteiger partial charge in [-0.05, 0) is 52.7 Å². The summed E-state index contributed by atoms with van der Waals surface area (Å²) in [6.07, 6.45) is 3.16. The summed E-state index contributed by atoms with van der Waals surface area (Å²) in [5, 5.41) is 6.83. The van der Waals surface area contributed by atoms with Gasteiger partial charge in [0.2, 0.25) is 0 Å². The third kappa shape index (κ3) is 3.63. The van der Waals surface area contributed by atoms with Crippen LogP contribution in [0, 0.1) is 6.92 Å². The Labute approximate surface area is 151 Å². The van der Waals surface area contributed by atoms with Crippen molar-refractivity contribution in [2.75, 3.05) is 12.4 Å². The van der Waals surface area contributed by atoms with Crippen LogP contribution in [-0.2, 0) is 0 Å². The first-order valence-electron chi connectivity index (χ1n) is 7.38. The smallest absolute Gasteiger partial charge is 0.276 e. The molecule has 0 atom stereocenters. The number of aryl methyl sites for hydroxylation is 1. The zero-order valence-electron chi connectivity index (χ0n) is 13.5. The second kappa shape index (κ2) is 6.94. The minimum atomic E-state index is -0.478. The Morgan fingerprint density at radius 2 is 2.12 bits per heavy atom. The first kappa shape index (κ1) is 17.0. The van der Waals surface area contributed by atoms with E-state index in [2.05, 4.69) is 31.3 Å². The molecule has 3 aromatic rings. The Bertz CT molecular complexity index is 994. The molecule has 1 amide bonds. The minimum absolute atomic E-state index is 0.141. The van der Waals surface area contributed by atoms with Crippen molar-refractivity contribution in [3.63, 3.8) is 0 Å². The average Bonchev–Trinajstić information content (AvgIpc) is 3.08. The fourth-order valence-electron chi connectivity index (χ4n) is 2.29. The number of aromatic amines is 1. The molecule has 0 spiro atoms. The molecule has 0 saturated heterocycles. The quantitative estimate of drug-likeness (QED) is 0.701. The van der Waals surface area contributed by atoms with Gasteiger partial charge < -0.3 is 15.0 Å². The largest absolute Gasteiger partial charge is 0.494 e. The Kier molecular flexibility index (Phi) is 4.71. The first-order chi connectivity index (χ1) is 12.0. The molecule has 128 valence electrons. The van der Waals surface area contributed by atoms with E-state index in [9.17, 15) is 9.59 Å². The minimum Gasteiger partial charge on any atom is -0.494 e. The molecule has 25 heavy (non-hydrogen) atoms. The molecule has 0 aliphatic rings. The van der Waals surface area contributed by atoms with Gasteiger partial charge in [-0.1, -0.05) is 6.07 Å². The number of amides is 1. The Hall–Kier alpha value is -2.87. The number of aromatic nitrogens is 3. The fourth-order valence-corrected chi connectivity index (χ4v) is 2.64. The van der Waals surface area contributed by atoms with E-state index in [1.807, 2.05) is 25.1 Å². The van der Waals surface area contributed by atoms with Crippen molar-refractivity contribution in [2.45, 2.75) is 6.92 Å². The van der Waals surface area contributed by atoms with E-state index in [0.29, 0.717) is 10.2 Å². The lowest BCUT2D eigenvalue weighted by Gasteiger charge is -2.09. The van der Waals surface area contributed by atoms with Gasteiger partial charge in [-0.15, -0.1) is 0 Å². The molecule has 0 bridgehead atoms. The van der Waals surface area contributed by atoms with Gasteiger partial charge in [-0.3, -0.25) is 9.59 Å². The van der Waals surface area contributed by atoms with Crippen molar-refractivity contribution in [1.29, 1.82) is 0 Å². The van der Waals surface area contributed by atoms with Crippen LogP contribution in [-0.4, -0.2) is 27.8 Å². The Morgan fingerprint density at radius 3 is 2.88 bits per heavy atom. The van der Waals surface area contributed by atoms with Crippen LogP contribution in [0.15, 0.2) is 52.0 Å². The molecule has 2 heterocycles. The van der Waals surface area contributed by atoms with E-state index in [4.69, 9.17) is 4.74 Å². The number of ether oxygens (including phenoxy) is 1. The van der Waals surface area contributed by atoms with Crippen LogP contribution in [0.4, 0.5) is 5.69 Å². The predicted molar refractivity (Wildman–Crippen MR) is 97.6 cm³/mol. The van der Waals surface area contributed by atoms with Crippen LogP contribution in [0.25, 0.3) is 5.69 Å². The third-order valence-corrected chi connectivity index (χ3v) is 3.98. The highest BCUT2D eigenvalue weighted by molar-refractivity contribution is 9.10. The second-order valence-corrected chi connectivity index (χ2v) is 6.25. The molecule has 1 aromatic carbocycles. The van der Waals surface area contributed by atoms with Crippen LogP contribution < -0.4 is 15.6 Å². The second-order valence-electron chi connectivity index (χ2n) is 5.34. The number of hydrogen-bond acceptors (Lipinski definition) is 4. The lowest BCUT2D eigenvalue weighted by atomic mass is 10.2. The van der Waals surface area contributed by atoms with Crippen LogP contribution in [0.3, 0.4) is 0 Å². The zero-order valence-corrected chi connectivity index (χ0v) is 15.1. The highest BCUT2D eigenvalue weighted by Gasteiger charge is 2.14. The molecule has 0 aliphatic carbocycles. The van der Waals surface area contributed by atoms with Gasteiger partial charge in [-0.25, -0.2) is 4.68 Å². The lowest BCUT2D eigenvalue weighted by Crippen LogP contribution is -2.20. The maximum Gasteiger partial charge on any atom is 0.276 e. The number of nitrogens with zero attached hydrogens (tertiary/aromatic N) is 2. The van der Waals surface area contributed by atoms with Gasteiger partial charge in [-0.2, -0.15) is 5.10 Å². The maximum atomic E-state index is 12.4. The predicted octanol–water partition coefficient (Wildman–Crippen LogP) is 2.89. The number of anilines is 1. The number of carbonyl (C=O) groups excluding carboxylic acids is 1. The number of H-pyrrole nitrogens is 1. The van der Waals surface area contributed by atoms with Crippen molar-refractivity contribution in [2.24, 2.45) is 0 Å². The Morgan fingerprint density at radius 1 is 1.32 bits per heavy atom. The maximum absolute atomic E-state index is 12.4. The van der Waals surface area contributed by atoms with Crippen molar-refractivity contribution in [1.82, 2.24) is 14.8 Å². The summed E-state index contributed by atoms with van der Waals surface area (Å²) in [7, 11) is 1.57. The number of halogens is 1. The third-order valence-electron chi connectivity index (χ3n) is 3.52. The van der Waals surface area contributed by atoms with Crippen LogP contribution in [0.2, 0.25) is 0 Å². The first-order valence-corrected chi connectivity index (χ1v) is 8.17. The van der Waals surface area contributed by atoms with Gasteiger partial charge in [0.05, 0.1) is 7.11 Å². The van der Waals surface area contributed by atoms with E-state index < -0.39 is 11.5 Å². The summed E-state index contributed by atoms with van der Waals surface area (Å²) in [5.74, 6) is 0.165. The summed E-state index contributed by atoms with van der Waals surface area (Å²) in [6, 6.07) is 8.78. The van der Waals surface area contributed by atoms with Gasteiger partial charge in [0, 0.05) is 16.9 Å². The molecule has 8 heteroatoms. The van der Waals surface area contributed by atoms with Gasteiger partial charge in [0.15, 0.2) is 5.69 Å². The van der Waals surface area contributed by atoms with Crippen molar-refractivity contribution >= 4 is 27.5 Å². The van der Waals surface area contributed by atoms with Gasteiger partial charge in [0.1, 0.15) is 17.1 Å². The fraction of sp³-hybridized carbons (Fsp3) is 0.118. The molecule has 0 saturated carbocycles. The molecular weight excluding hydrogens is 388 g/mol. The normalized spacial score (nSPS) is 10.5. The number of pyridine rings is 1. The topological polar surface area (TPSA) is 89.0 Å². The van der Waals surface area contributed by atoms with E-state index in [1.54, 1.807) is 24.1 Å². The van der Waals surface area contributed by atoms with E-state index in [0.717, 1.165) is 11.3 Å². The SMILES string of the molecule is COc1ccc(C)cc1-n1ccc(C(=O)Nc2cc(Br)c[nH]c2=O)n1. The molecule has 7 nitrogen and oxygen atoms in total. The Balaban J connectivity index is 1.89. The van der Waals surface area contributed by atoms with Crippen LogP contribution in [0.5, 0.6) is 5.75 Å². The van der Waals surface area contributed by atoms with Crippen molar-refractivity contribution in [3.05, 3.63) is 68.8 Å². The number of carbonyl (C=O) groups is 1. The molecule has 0 fully saturated rings.